The third-order valence-electron chi connectivity index (χ3n) is 5.63. The third-order valence-corrected chi connectivity index (χ3v) is 6.63. The van der Waals surface area contributed by atoms with Crippen LogP contribution >= 0.6 is 11.3 Å². The molecule has 2 nitrogen and oxygen atoms in total. The summed E-state index contributed by atoms with van der Waals surface area (Å²) in [5.74, 6) is 8.35. The Morgan fingerprint density at radius 1 is 1.35 bits per heavy atom. The Morgan fingerprint density at radius 3 is 3.05 bits per heavy atom. The lowest BCUT2D eigenvalue weighted by Crippen LogP contribution is -2.47. The number of fused-ring (bicyclic) bond motifs is 1. The van der Waals surface area contributed by atoms with E-state index in [1.165, 1.54) is 51.4 Å². The Kier molecular flexibility index (Phi) is 4.79. The maximum atomic E-state index is 6.00. The average Bonchev–Trinajstić information content (AvgIpc) is 2.97. The van der Waals surface area contributed by atoms with E-state index in [4.69, 9.17) is 5.84 Å². The van der Waals surface area contributed by atoms with Crippen LogP contribution in [0.1, 0.15) is 68.2 Å². The van der Waals surface area contributed by atoms with Gasteiger partial charge in [0.25, 0.3) is 0 Å². The molecule has 20 heavy (non-hydrogen) atoms. The number of nitrogens with two attached hydrogens (primary N) is 1. The first-order valence-corrected chi connectivity index (χ1v) is 9.23. The number of hydrogen-bond donors (Lipinski definition) is 2. The van der Waals surface area contributed by atoms with Crippen molar-refractivity contribution in [3.05, 3.63) is 21.9 Å². The minimum absolute atomic E-state index is 0.484. The second kappa shape index (κ2) is 6.59. The Balaban J connectivity index is 1.77. The molecule has 0 saturated heterocycles. The molecule has 4 atom stereocenters. The van der Waals surface area contributed by atoms with Gasteiger partial charge in [-0.3, -0.25) is 11.3 Å². The first kappa shape index (κ1) is 14.6. The van der Waals surface area contributed by atoms with E-state index in [9.17, 15) is 0 Å². The van der Waals surface area contributed by atoms with Gasteiger partial charge < -0.3 is 0 Å². The van der Waals surface area contributed by atoms with Crippen molar-refractivity contribution in [2.75, 3.05) is 0 Å². The highest BCUT2D eigenvalue weighted by Gasteiger charge is 2.35. The quantitative estimate of drug-likeness (QED) is 0.644. The van der Waals surface area contributed by atoms with E-state index in [-0.39, 0.29) is 0 Å². The van der Waals surface area contributed by atoms with Gasteiger partial charge in [0, 0.05) is 16.8 Å². The van der Waals surface area contributed by atoms with Crippen LogP contribution in [0.5, 0.6) is 0 Å². The van der Waals surface area contributed by atoms with Crippen LogP contribution in [0.15, 0.2) is 11.4 Å². The molecule has 4 unspecified atom stereocenters. The molecular weight excluding hydrogens is 264 g/mol. The molecule has 3 N–H and O–H groups in total. The summed E-state index contributed by atoms with van der Waals surface area (Å²) in [6.07, 6.45) is 10.8. The molecule has 1 saturated carbocycles. The second-order valence-electron chi connectivity index (χ2n) is 6.69. The molecule has 0 spiro atoms. The van der Waals surface area contributed by atoms with Gasteiger partial charge in [-0.2, -0.15) is 0 Å². The molecule has 3 rings (SSSR count). The topological polar surface area (TPSA) is 38.0 Å². The fourth-order valence-corrected chi connectivity index (χ4v) is 5.50. The molecule has 112 valence electrons. The first-order valence-electron chi connectivity index (χ1n) is 8.35. The second-order valence-corrected chi connectivity index (χ2v) is 7.69. The standard InChI is InChI=1S/C17H28N2S/c1-2-12-5-3-6-13(11-12)17(19-18)15-7-4-8-16-14(15)9-10-20-16/h9-10,12-13,15,17,19H,2-8,11,18H2,1H3. The lowest BCUT2D eigenvalue weighted by Gasteiger charge is -2.39. The van der Waals surface area contributed by atoms with Crippen molar-refractivity contribution in [3.63, 3.8) is 0 Å². The minimum Gasteiger partial charge on any atom is -0.271 e. The summed E-state index contributed by atoms with van der Waals surface area (Å²) in [6, 6.07) is 2.84. The highest BCUT2D eigenvalue weighted by atomic mass is 32.1. The van der Waals surface area contributed by atoms with E-state index in [0.29, 0.717) is 12.0 Å². The van der Waals surface area contributed by atoms with Gasteiger partial charge in [0.1, 0.15) is 0 Å². The zero-order valence-electron chi connectivity index (χ0n) is 12.6. The van der Waals surface area contributed by atoms with E-state index >= 15 is 0 Å². The van der Waals surface area contributed by atoms with Crippen LogP contribution in [0.4, 0.5) is 0 Å². The molecule has 0 amide bonds. The summed E-state index contributed by atoms with van der Waals surface area (Å²) in [4.78, 5) is 1.62. The SMILES string of the molecule is CCC1CCCC(C(NN)C2CCCc3sccc32)C1. The average molecular weight is 292 g/mol. The summed E-state index contributed by atoms with van der Waals surface area (Å²) in [5, 5.41) is 2.27. The Labute approximate surface area is 127 Å². The van der Waals surface area contributed by atoms with E-state index in [1.54, 1.807) is 10.4 Å². The summed E-state index contributed by atoms with van der Waals surface area (Å²) >= 11 is 1.94. The van der Waals surface area contributed by atoms with Crippen LogP contribution in [0.3, 0.4) is 0 Å². The molecular formula is C17H28N2S. The molecule has 2 aliphatic rings. The van der Waals surface area contributed by atoms with Crippen LogP contribution < -0.4 is 11.3 Å². The Morgan fingerprint density at radius 2 is 2.25 bits per heavy atom. The lowest BCUT2D eigenvalue weighted by molar-refractivity contribution is 0.184. The van der Waals surface area contributed by atoms with E-state index < -0.39 is 0 Å². The molecule has 0 radical (unpaired) electrons. The van der Waals surface area contributed by atoms with Crippen molar-refractivity contribution >= 4 is 11.3 Å². The number of thiophene rings is 1. The van der Waals surface area contributed by atoms with Crippen LogP contribution in [0.25, 0.3) is 0 Å². The smallest absolute Gasteiger partial charge is 0.0307 e. The molecule has 1 heterocycles. The largest absolute Gasteiger partial charge is 0.271 e. The third kappa shape index (κ3) is 2.81. The molecule has 0 aliphatic heterocycles. The summed E-state index contributed by atoms with van der Waals surface area (Å²) in [5.41, 5.74) is 4.82. The van der Waals surface area contributed by atoms with E-state index in [1.807, 2.05) is 11.3 Å². The maximum Gasteiger partial charge on any atom is 0.0307 e. The van der Waals surface area contributed by atoms with E-state index in [2.05, 4.69) is 23.8 Å². The molecule has 1 fully saturated rings. The Bertz CT molecular complexity index is 428. The van der Waals surface area contributed by atoms with Gasteiger partial charge in [0.15, 0.2) is 0 Å². The van der Waals surface area contributed by atoms with Gasteiger partial charge in [0.2, 0.25) is 0 Å². The predicted molar refractivity (Wildman–Crippen MR) is 86.8 cm³/mol. The van der Waals surface area contributed by atoms with Crippen molar-refractivity contribution in [2.45, 2.75) is 70.3 Å². The molecule has 0 aromatic carbocycles. The van der Waals surface area contributed by atoms with Gasteiger partial charge in [-0.15, -0.1) is 11.3 Å². The van der Waals surface area contributed by atoms with Crippen molar-refractivity contribution in [1.82, 2.24) is 5.43 Å². The van der Waals surface area contributed by atoms with Crippen molar-refractivity contribution in [2.24, 2.45) is 17.7 Å². The maximum absolute atomic E-state index is 6.00. The molecule has 1 aromatic heterocycles. The molecule has 2 aliphatic carbocycles. The van der Waals surface area contributed by atoms with Crippen LogP contribution in [0, 0.1) is 11.8 Å². The first-order chi connectivity index (χ1) is 9.83. The number of aryl methyl sites for hydroxylation is 1. The van der Waals surface area contributed by atoms with Crippen LogP contribution in [-0.2, 0) is 6.42 Å². The number of nitrogens with one attached hydrogen (secondary N) is 1. The Hall–Kier alpha value is -0.380. The monoisotopic (exact) mass is 292 g/mol. The highest BCUT2D eigenvalue weighted by Crippen LogP contribution is 2.42. The lowest BCUT2D eigenvalue weighted by atomic mass is 9.70. The van der Waals surface area contributed by atoms with E-state index in [0.717, 1.165) is 11.8 Å². The fraction of sp³-hybridized carbons (Fsp3) is 0.765. The highest BCUT2D eigenvalue weighted by molar-refractivity contribution is 7.10. The normalized spacial score (nSPS) is 31.8. The van der Waals surface area contributed by atoms with Crippen molar-refractivity contribution in [3.8, 4) is 0 Å². The number of rotatable bonds is 4. The molecule has 3 heteroatoms. The summed E-state index contributed by atoms with van der Waals surface area (Å²) in [7, 11) is 0. The van der Waals surface area contributed by atoms with Gasteiger partial charge in [-0.1, -0.05) is 26.2 Å². The van der Waals surface area contributed by atoms with Gasteiger partial charge in [-0.25, -0.2) is 0 Å². The predicted octanol–water partition coefficient (Wildman–Crippen LogP) is 4.22. The summed E-state index contributed by atoms with van der Waals surface area (Å²) in [6.45, 7) is 2.34. The van der Waals surface area contributed by atoms with Gasteiger partial charge in [0.05, 0.1) is 0 Å². The number of hydrazine groups is 1. The van der Waals surface area contributed by atoms with Crippen molar-refractivity contribution in [1.29, 1.82) is 0 Å². The van der Waals surface area contributed by atoms with Crippen molar-refractivity contribution < 1.29 is 0 Å². The zero-order valence-corrected chi connectivity index (χ0v) is 13.4. The zero-order chi connectivity index (χ0) is 13.9. The van der Waals surface area contributed by atoms with Crippen LogP contribution in [-0.4, -0.2) is 6.04 Å². The minimum atomic E-state index is 0.484. The molecule has 0 bridgehead atoms. The summed E-state index contributed by atoms with van der Waals surface area (Å²) < 4.78 is 0. The fourth-order valence-electron chi connectivity index (χ4n) is 4.51. The number of hydrogen-bond acceptors (Lipinski definition) is 3. The molecule has 1 aromatic rings. The van der Waals surface area contributed by atoms with Gasteiger partial charge in [-0.05, 0) is 60.9 Å². The van der Waals surface area contributed by atoms with Gasteiger partial charge >= 0.3 is 0 Å². The van der Waals surface area contributed by atoms with Crippen LogP contribution in [0.2, 0.25) is 0 Å².